The fourth-order valence-electron chi connectivity index (χ4n) is 2.83. The Hall–Kier alpha value is -0.610. The third kappa shape index (κ3) is 4.69. The lowest BCUT2D eigenvalue weighted by molar-refractivity contribution is 0.486. The molecule has 1 fully saturated rings. The molecule has 1 aliphatic heterocycles. The standard InChI is InChI=1S/C15H20BrN5S.HI/c1-17-15(18-6-11-5-14(16)22-10-11)21-4-3-12(9-21)13-7-19-20(2)8-13;/h5,7-8,10,12H,3-4,6,9H2,1-2H3,(H,17,18);1H. The second-order valence-electron chi connectivity index (χ2n) is 5.54. The van der Waals surface area contributed by atoms with Crippen LogP contribution in [-0.4, -0.2) is 40.8 Å². The second kappa shape index (κ2) is 8.48. The summed E-state index contributed by atoms with van der Waals surface area (Å²) in [5, 5.41) is 9.90. The summed E-state index contributed by atoms with van der Waals surface area (Å²) < 4.78 is 3.04. The van der Waals surface area contributed by atoms with Gasteiger partial charge in [0.2, 0.25) is 0 Å². The van der Waals surface area contributed by atoms with Gasteiger partial charge in [0, 0.05) is 45.8 Å². The summed E-state index contributed by atoms with van der Waals surface area (Å²) in [4.78, 5) is 6.76. The zero-order chi connectivity index (χ0) is 15.5. The van der Waals surface area contributed by atoms with Crippen LogP contribution in [0.1, 0.15) is 23.5 Å². The number of rotatable bonds is 3. The van der Waals surface area contributed by atoms with Crippen LogP contribution >= 0.6 is 51.2 Å². The maximum absolute atomic E-state index is 4.43. The van der Waals surface area contributed by atoms with Crippen LogP contribution in [0.15, 0.2) is 32.6 Å². The highest BCUT2D eigenvalue weighted by molar-refractivity contribution is 14.0. The van der Waals surface area contributed by atoms with Gasteiger partial charge in [-0.3, -0.25) is 9.67 Å². The summed E-state index contributed by atoms with van der Waals surface area (Å²) in [5.41, 5.74) is 2.60. The van der Waals surface area contributed by atoms with Gasteiger partial charge < -0.3 is 10.2 Å². The number of likely N-dealkylation sites (tertiary alicyclic amines) is 1. The Morgan fingerprint density at radius 1 is 1.57 bits per heavy atom. The van der Waals surface area contributed by atoms with Gasteiger partial charge in [-0.1, -0.05) is 0 Å². The van der Waals surface area contributed by atoms with Crippen molar-refractivity contribution in [1.29, 1.82) is 0 Å². The Kier molecular flexibility index (Phi) is 6.90. The minimum Gasteiger partial charge on any atom is -0.352 e. The molecule has 0 saturated carbocycles. The van der Waals surface area contributed by atoms with Crippen molar-refractivity contribution in [3.8, 4) is 0 Å². The van der Waals surface area contributed by atoms with E-state index in [1.54, 1.807) is 11.3 Å². The minimum atomic E-state index is 0. The number of thiophene rings is 1. The average molecular weight is 510 g/mol. The number of aryl methyl sites for hydroxylation is 1. The molecule has 0 amide bonds. The number of guanidine groups is 1. The van der Waals surface area contributed by atoms with Crippen LogP contribution in [0.3, 0.4) is 0 Å². The normalized spacial score (nSPS) is 18.1. The van der Waals surface area contributed by atoms with E-state index in [2.05, 4.69) is 53.9 Å². The number of nitrogens with one attached hydrogen (secondary N) is 1. The van der Waals surface area contributed by atoms with Crippen molar-refractivity contribution >= 4 is 57.2 Å². The number of aromatic nitrogens is 2. The first kappa shape index (κ1) is 18.7. The van der Waals surface area contributed by atoms with E-state index in [9.17, 15) is 0 Å². The molecule has 1 atom stereocenters. The Bertz CT molecular complexity index is 668. The largest absolute Gasteiger partial charge is 0.352 e. The van der Waals surface area contributed by atoms with Gasteiger partial charge in [-0.2, -0.15) is 5.10 Å². The topological polar surface area (TPSA) is 45.5 Å². The van der Waals surface area contributed by atoms with E-state index in [1.807, 2.05) is 25.0 Å². The zero-order valence-corrected chi connectivity index (χ0v) is 17.9. The van der Waals surface area contributed by atoms with Crippen molar-refractivity contribution in [3.63, 3.8) is 0 Å². The maximum atomic E-state index is 4.43. The van der Waals surface area contributed by atoms with E-state index < -0.39 is 0 Å². The molecule has 5 nitrogen and oxygen atoms in total. The molecule has 0 radical (unpaired) electrons. The highest BCUT2D eigenvalue weighted by Crippen LogP contribution is 2.26. The van der Waals surface area contributed by atoms with Gasteiger partial charge in [0.25, 0.3) is 0 Å². The number of halogens is 2. The molecular formula is C15H21BrIN5S. The van der Waals surface area contributed by atoms with Gasteiger partial charge in [-0.05, 0) is 44.9 Å². The molecule has 126 valence electrons. The summed E-state index contributed by atoms with van der Waals surface area (Å²) in [6, 6.07) is 2.15. The lowest BCUT2D eigenvalue weighted by atomic mass is 10.0. The number of aliphatic imine (C=N–C) groups is 1. The van der Waals surface area contributed by atoms with Gasteiger partial charge in [-0.15, -0.1) is 35.3 Å². The molecule has 1 N–H and O–H groups in total. The molecule has 0 bridgehead atoms. The third-order valence-electron chi connectivity index (χ3n) is 3.97. The summed E-state index contributed by atoms with van der Waals surface area (Å²) >= 11 is 5.21. The number of hydrogen-bond acceptors (Lipinski definition) is 3. The SMILES string of the molecule is CN=C(NCc1csc(Br)c1)N1CCC(c2cnn(C)c2)C1.I. The van der Waals surface area contributed by atoms with Crippen molar-refractivity contribution < 1.29 is 0 Å². The highest BCUT2D eigenvalue weighted by Gasteiger charge is 2.26. The monoisotopic (exact) mass is 509 g/mol. The summed E-state index contributed by atoms with van der Waals surface area (Å²) in [7, 11) is 3.82. The lowest BCUT2D eigenvalue weighted by Crippen LogP contribution is -2.39. The second-order valence-corrected chi connectivity index (χ2v) is 7.83. The molecule has 0 spiro atoms. The van der Waals surface area contributed by atoms with Crippen LogP contribution in [0.2, 0.25) is 0 Å². The Balaban J connectivity index is 0.00000192. The van der Waals surface area contributed by atoms with E-state index in [0.29, 0.717) is 5.92 Å². The molecule has 1 unspecified atom stereocenters. The molecule has 1 saturated heterocycles. The zero-order valence-electron chi connectivity index (χ0n) is 13.2. The van der Waals surface area contributed by atoms with E-state index in [-0.39, 0.29) is 24.0 Å². The van der Waals surface area contributed by atoms with Crippen molar-refractivity contribution in [2.45, 2.75) is 18.9 Å². The lowest BCUT2D eigenvalue weighted by Gasteiger charge is -2.21. The molecular weight excluding hydrogens is 489 g/mol. The smallest absolute Gasteiger partial charge is 0.193 e. The van der Waals surface area contributed by atoms with Crippen LogP contribution in [0.5, 0.6) is 0 Å². The predicted octanol–water partition coefficient (Wildman–Crippen LogP) is 3.43. The first-order valence-electron chi connectivity index (χ1n) is 7.32. The van der Waals surface area contributed by atoms with Gasteiger partial charge in [-0.25, -0.2) is 0 Å². The van der Waals surface area contributed by atoms with Crippen molar-refractivity contribution in [2.75, 3.05) is 20.1 Å². The first-order valence-corrected chi connectivity index (χ1v) is 9.00. The summed E-state index contributed by atoms with van der Waals surface area (Å²) in [5.74, 6) is 1.52. The van der Waals surface area contributed by atoms with Crippen molar-refractivity contribution in [2.24, 2.45) is 12.0 Å². The Labute approximate surface area is 166 Å². The van der Waals surface area contributed by atoms with Gasteiger partial charge in [0.1, 0.15) is 0 Å². The minimum absolute atomic E-state index is 0. The molecule has 0 aromatic carbocycles. The van der Waals surface area contributed by atoms with E-state index >= 15 is 0 Å². The summed E-state index contributed by atoms with van der Waals surface area (Å²) in [6.45, 7) is 2.84. The van der Waals surface area contributed by atoms with Crippen LogP contribution < -0.4 is 5.32 Å². The van der Waals surface area contributed by atoms with Gasteiger partial charge >= 0.3 is 0 Å². The molecule has 8 heteroatoms. The highest BCUT2D eigenvalue weighted by atomic mass is 127. The molecule has 3 rings (SSSR count). The maximum Gasteiger partial charge on any atom is 0.193 e. The quantitative estimate of drug-likeness (QED) is 0.391. The fraction of sp³-hybridized carbons (Fsp3) is 0.467. The van der Waals surface area contributed by atoms with Crippen LogP contribution in [-0.2, 0) is 13.6 Å². The number of hydrogen-bond donors (Lipinski definition) is 1. The van der Waals surface area contributed by atoms with E-state index in [1.165, 1.54) is 11.1 Å². The van der Waals surface area contributed by atoms with E-state index in [0.717, 1.165) is 35.8 Å². The fourth-order valence-corrected chi connectivity index (χ4v) is 4.04. The number of nitrogens with zero attached hydrogens (tertiary/aromatic N) is 4. The van der Waals surface area contributed by atoms with Crippen molar-refractivity contribution in [1.82, 2.24) is 20.0 Å². The Morgan fingerprint density at radius 3 is 3.00 bits per heavy atom. The van der Waals surface area contributed by atoms with Crippen molar-refractivity contribution in [3.05, 3.63) is 38.8 Å². The molecule has 0 aliphatic carbocycles. The molecule has 3 heterocycles. The first-order chi connectivity index (χ1) is 10.7. The molecule has 1 aliphatic rings. The van der Waals surface area contributed by atoms with Crippen LogP contribution in [0, 0.1) is 0 Å². The average Bonchev–Trinajstić information content (AvgIpc) is 3.21. The Morgan fingerprint density at radius 2 is 2.39 bits per heavy atom. The van der Waals surface area contributed by atoms with Crippen LogP contribution in [0.4, 0.5) is 0 Å². The molecule has 2 aromatic rings. The van der Waals surface area contributed by atoms with Gasteiger partial charge in [0.05, 0.1) is 9.98 Å². The third-order valence-corrected chi connectivity index (χ3v) is 5.52. The molecule has 2 aromatic heterocycles. The summed E-state index contributed by atoms with van der Waals surface area (Å²) in [6.07, 6.45) is 5.25. The molecule has 23 heavy (non-hydrogen) atoms. The predicted molar refractivity (Wildman–Crippen MR) is 110 cm³/mol. The van der Waals surface area contributed by atoms with Gasteiger partial charge in [0.15, 0.2) is 5.96 Å². The van der Waals surface area contributed by atoms with Crippen LogP contribution in [0.25, 0.3) is 0 Å². The van der Waals surface area contributed by atoms with E-state index in [4.69, 9.17) is 0 Å².